The fourth-order valence-corrected chi connectivity index (χ4v) is 3.44. The summed E-state index contributed by atoms with van der Waals surface area (Å²) in [5, 5.41) is 8.76. The van der Waals surface area contributed by atoms with Gasteiger partial charge in [0.15, 0.2) is 0 Å². The summed E-state index contributed by atoms with van der Waals surface area (Å²) >= 11 is 0. The molecule has 0 atom stereocenters. The van der Waals surface area contributed by atoms with Gasteiger partial charge in [-0.2, -0.15) is 5.10 Å². The van der Waals surface area contributed by atoms with Gasteiger partial charge in [-0.3, -0.25) is 4.79 Å². The Labute approximate surface area is 152 Å². The van der Waals surface area contributed by atoms with Crippen molar-refractivity contribution in [1.82, 2.24) is 14.8 Å². The molecule has 1 fully saturated rings. The van der Waals surface area contributed by atoms with Crippen molar-refractivity contribution in [2.24, 2.45) is 13.0 Å². The van der Waals surface area contributed by atoms with Crippen LogP contribution in [0.4, 0.5) is 11.5 Å². The molecule has 2 aromatic heterocycles. The van der Waals surface area contributed by atoms with Gasteiger partial charge in [0, 0.05) is 38.1 Å². The zero-order valence-electron chi connectivity index (χ0n) is 14.9. The zero-order valence-corrected chi connectivity index (χ0v) is 14.9. The summed E-state index contributed by atoms with van der Waals surface area (Å²) < 4.78 is 1.36. The van der Waals surface area contributed by atoms with Crippen LogP contribution >= 0.6 is 0 Å². The van der Waals surface area contributed by atoms with E-state index in [1.165, 1.54) is 4.68 Å². The number of pyridine rings is 1. The van der Waals surface area contributed by atoms with Crippen LogP contribution in [-0.2, 0) is 7.05 Å². The van der Waals surface area contributed by atoms with Crippen molar-refractivity contribution in [3.63, 3.8) is 0 Å². The number of hydrogen-bond donors (Lipinski definition) is 1. The van der Waals surface area contributed by atoms with Gasteiger partial charge >= 0.3 is 0 Å². The standard InChI is InChI=1S/C20H23N5O/c1-24-20(26)12-17(14-22-24)25-10-8-15(9-11-25)13-21-19-7-6-16-4-2-3-5-18(16)23-19/h2-7,12,14-15H,8-11,13H2,1H3,(H,21,23). The summed E-state index contributed by atoms with van der Waals surface area (Å²) in [6, 6.07) is 14.0. The number of piperidine rings is 1. The van der Waals surface area contributed by atoms with Crippen molar-refractivity contribution < 1.29 is 0 Å². The molecule has 0 saturated carbocycles. The molecule has 1 aliphatic rings. The average molecular weight is 349 g/mol. The van der Waals surface area contributed by atoms with E-state index < -0.39 is 0 Å². The zero-order chi connectivity index (χ0) is 17.9. The molecule has 134 valence electrons. The third-order valence-electron chi connectivity index (χ3n) is 5.10. The average Bonchev–Trinajstić information content (AvgIpc) is 2.69. The lowest BCUT2D eigenvalue weighted by Gasteiger charge is -2.33. The van der Waals surface area contributed by atoms with E-state index in [1.54, 1.807) is 19.3 Å². The Kier molecular flexibility index (Phi) is 4.56. The number of nitrogens with one attached hydrogen (secondary N) is 1. The van der Waals surface area contributed by atoms with Crippen LogP contribution in [0.2, 0.25) is 0 Å². The highest BCUT2D eigenvalue weighted by molar-refractivity contribution is 5.80. The summed E-state index contributed by atoms with van der Waals surface area (Å²) in [6.45, 7) is 2.83. The monoisotopic (exact) mass is 349 g/mol. The normalized spacial score (nSPS) is 15.3. The predicted molar refractivity (Wildman–Crippen MR) is 105 cm³/mol. The van der Waals surface area contributed by atoms with Crippen molar-refractivity contribution in [1.29, 1.82) is 0 Å². The summed E-state index contributed by atoms with van der Waals surface area (Å²) in [5.41, 5.74) is 1.88. The summed E-state index contributed by atoms with van der Waals surface area (Å²) in [6.07, 6.45) is 3.96. The Morgan fingerprint density at radius 1 is 1.15 bits per heavy atom. The lowest BCUT2D eigenvalue weighted by Crippen LogP contribution is -2.37. The van der Waals surface area contributed by atoms with Gasteiger partial charge in [0.2, 0.25) is 0 Å². The minimum Gasteiger partial charge on any atom is -0.370 e. The lowest BCUT2D eigenvalue weighted by molar-refractivity contribution is 0.422. The largest absolute Gasteiger partial charge is 0.370 e. The maximum absolute atomic E-state index is 11.8. The molecule has 1 N–H and O–H groups in total. The molecule has 26 heavy (non-hydrogen) atoms. The van der Waals surface area contributed by atoms with E-state index in [4.69, 9.17) is 0 Å². The molecule has 0 aliphatic carbocycles. The smallest absolute Gasteiger partial charge is 0.268 e. The van der Waals surface area contributed by atoms with Gasteiger partial charge < -0.3 is 10.2 Å². The van der Waals surface area contributed by atoms with E-state index in [0.717, 1.165) is 54.9 Å². The van der Waals surface area contributed by atoms with Crippen molar-refractivity contribution in [2.75, 3.05) is 29.9 Å². The van der Waals surface area contributed by atoms with Crippen LogP contribution in [0.5, 0.6) is 0 Å². The summed E-state index contributed by atoms with van der Waals surface area (Å²) in [4.78, 5) is 18.7. The van der Waals surface area contributed by atoms with Gasteiger partial charge in [0.05, 0.1) is 17.4 Å². The van der Waals surface area contributed by atoms with E-state index in [2.05, 4.69) is 32.4 Å². The van der Waals surface area contributed by atoms with Crippen molar-refractivity contribution in [3.8, 4) is 0 Å². The highest BCUT2D eigenvalue weighted by Gasteiger charge is 2.20. The molecule has 4 rings (SSSR count). The molecule has 0 spiro atoms. The molecule has 3 heterocycles. The van der Waals surface area contributed by atoms with E-state index in [0.29, 0.717) is 5.92 Å². The molecule has 0 unspecified atom stereocenters. The molecule has 0 amide bonds. The topological polar surface area (TPSA) is 63.1 Å². The third-order valence-corrected chi connectivity index (χ3v) is 5.10. The molecule has 1 aliphatic heterocycles. The number of para-hydroxylation sites is 1. The van der Waals surface area contributed by atoms with Crippen LogP contribution in [-0.4, -0.2) is 34.4 Å². The molecular formula is C20H23N5O. The van der Waals surface area contributed by atoms with Gasteiger partial charge in [0.25, 0.3) is 5.56 Å². The highest BCUT2D eigenvalue weighted by Crippen LogP contribution is 2.22. The van der Waals surface area contributed by atoms with E-state index in [-0.39, 0.29) is 5.56 Å². The molecule has 6 nitrogen and oxygen atoms in total. The maximum atomic E-state index is 11.8. The fraction of sp³-hybridized carbons (Fsp3) is 0.350. The van der Waals surface area contributed by atoms with Gasteiger partial charge in [0.1, 0.15) is 5.82 Å². The number of aryl methyl sites for hydroxylation is 1. The first-order valence-corrected chi connectivity index (χ1v) is 9.07. The second-order valence-electron chi connectivity index (χ2n) is 6.88. The number of rotatable bonds is 4. The van der Waals surface area contributed by atoms with Crippen molar-refractivity contribution in [3.05, 3.63) is 59.0 Å². The SMILES string of the molecule is Cn1ncc(N2CCC(CNc3ccc4ccccc4n3)CC2)cc1=O. The van der Waals surface area contributed by atoms with Crippen molar-refractivity contribution in [2.45, 2.75) is 12.8 Å². The first-order chi connectivity index (χ1) is 12.7. The molecule has 1 saturated heterocycles. The fourth-order valence-electron chi connectivity index (χ4n) is 3.44. The number of fused-ring (bicyclic) bond motifs is 1. The molecule has 0 bridgehead atoms. The van der Waals surface area contributed by atoms with Crippen molar-refractivity contribution >= 4 is 22.4 Å². The summed E-state index contributed by atoms with van der Waals surface area (Å²) in [5.74, 6) is 1.54. The van der Waals surface area contributed by atoms with Crippen LogP contribution in [0.15, 0.2) is 53.5 Å². The van der Waals surface area contributed by atoms with Gasteiger partial charge in [-0.05, 0) is 37.0 Å². The Bertz CT molecular complexity index is 960. The van der Waals surface area contributed by atoms with Gasteiger partial charge in [-0.25, -0.2) is 9.67 Å². The minimum absolute atomic E-state index is 0.0614. The second kappa shape index (κ2) is 7.15. The lowest BCUT2D eigenvalue weighted by atomic mass is 9.96. The molecule has 0 radical (unpaired) electrons. The molecule has 6 heteroatoms. The van der Waals surface area contributed by atoms with E-state index >= 15 is 0 Å². The number of hydrogen-bond acceptors (Lipinski definition) is 5. The Hall–Kier alpha value is -2.89. The number of nitrogens with zero attached hydrogens (tertiary/aromatic N) is 4. The Balaban J connectivity index is 1.33. The van der Waals surface area contributed by atoms with E-state index in [9.17, 15) is 4.79 Å². The Morgan fingerprint density at radius 3 is 2.77 bits per heavy atom. The van der Waals surface area contributed by atoms with Crippen LogP contribution in [0.3, 0.4) is 0 Å². The van der Waals surface area contributed by atoms with Crippen LogP contribution in [0.25, 0.3) is 10.9 Å². The maximum Gasteiger partial charge on any atom is 0.268 e. The minimum atomic E-state index is -0.0614. The van der Waals surface area contributed by atoms with Crippen LogP contribution in [0.1, 0.15) is 12.8 Å². The second-order valence-corrected chi connectivity index (χ2v) is 6.88. The predicted octanol–water partition coefficient (Wildman–Crippen LogP) is 2.66. The number of anilines is 2. The first-order valence-electron chi connectivity index (χ1n) is 9.07. The number of aromatic nitrogens is 3. The van der Waals surface area contributed by atoms with Gasteiger partial charge in [-0.15, -0.1) is 0 Å². The first kappa shape index (κ1) is 16.6. The third kappa shape index (κ3) is 3.54. The molecule has 3 aromatic rings. The molecular weight excluding hydrogens is 326 g/mol. The quantitative estimate of drug-likeness (QED) is 0.785. The highest BCUT2D eigenvalue weighted by atomic mass is 16.1. The van der Waals surface area contributed by atoms with Crippen LogP contribution in [0, 0.1) is 5.92 Å². The van der Waals surface area contributed by atoms with Crippen LogP contribution < -0.4 is 15.8 Å². The van der Waals surface area contributed by atoms with E-state index in [1.807, 2.05) is 24.3 Å². The molecule has 1 aromatic carbocycles. The summed E-state index contributed by atoms with van der Waals surface area (Å²) in [7, 11) is 1.67. The van der Waals surface area contributed by atoms with Gasteiger partial charge in [-0.1, -0.05) is 18.2 Å². The Morgan fingerprint density at radius 2 is 1.96 bits per heavy atom. The number of benzene rings is 1.